The lowest BCUT2D eigenvalue weighted by Gasteiger charge is -2.28. The average molecular weight is 366 g/mol. The monoisotopic (exact) mass is 365 g/mol. The summed E-state index contributed by atoms with van der Waals surface area (Å²) in [5.74, 6) is 3.09. The van der Waals surface area contributed by atoms with Crippen LogP contribution in [-0.4, -0.2) is 14.8 Å². The molecule has 3 nitrogen and oxygen atoms in total. The predicted octanol–water partition coefficient (Wildman–Crippen LogP) is 5.03. The Balaban J connectivity index is 1.86. The van der Waals surface area contributed by atoms with Crippen LogP contribution in [0.2, 0.25) is 0 Å². The van der Waals surface area contributed by atoms with Crippen LogP contribution in [0.25, 0.3) is 0 Å². The summed E-state index contributed by atoms with van der Waals surface area (Å²) in [6.07, 6.45) is 6.20. The molecule has 0 saturated heterocycles. The number of hydrogen-bond donors (Lipinski definition) is 0. The van der Waals surface area contributed by atoms with Crippen LogP contribution < -0.4 is 0 Å². The molecule has 112 valence electrons. The van der Waals surface area contributed by atoms with Gasteiger partial charge in [0.1, 0.15) is 11.6 Å². The summed E-state index contributed by atoms with van der Waals surface area (Å²) in [4.78, 5) is 1.38. The van der Waals surface area contributed by atoms with Gasteiger partial charge in [0.05, 0.1) is 5.41 Å². The molecule has 0 aromatic carbocycles. The molecule has 0 amide bonds. The first-order chi connectivity index (χ1) is 10.1. The third-order valence-electron chi connectivity index (χ3n) is 4.90. The fraction of sp³-hybridized carbons (Fsp3) is 0.625. The van der Waals surface area contributed by atoms with E-state index >= 15 is 0 Å². The minimum atomic E-state index is -0.0459. The summed E-state index contributed by atoms with van der Waals surface area (Å²) in [6.45, 7) is 4.58. The maximum absolute atomic E-state index is 4.68. The van der Waals surface area contributed by atoms with Gasteiger partial charge in [0.2, 0.25) is 0 Å². The fourth-order valence-electron chi connectivity index (χ4n) is 3.10. The summed E-state index contributed by atoms with van der Waals surface area (Å²) >= 11 is 5.54. The summed E-state index contributed by atoms with van der Waals surface area (Å²) in [7, 11) is 0. The van der Waals surface area contributed by atoms with Gasteiger partial charge in [0, 0.05) is 21.3 Å². The molecule has 2 fully saturated rings. The standard InChI is InChI=1S/C16H20BrN3S/c1-3-16(2,13-12(17)8-9-21-13)15-19-18-14(10-4-5-10)20(15)11-6-7-11/h8-11H,3-7H2,1-2H3. The van der Waals surface area contributed by atoms with Crippen LogP contribution in [0, 0.1) is 0 Å². The van der Waals surface area contributed by atoms with Crippen molar-refractivity contribution in [2.45, 2.75) is 63.3 Å². The van der Waals surface area contributed by atoms with Gasteiger partial charge < -0.3 is 4.57 Å². The molecule has 2 aliphatic rings. The Hall–Kier alpha value is -0.680. The van der Waals surface area contributed by atoms with E-state index in [0.29, 0.717) is 12.0 Å². The van der Waals surface area contributed by atoms with Crippen LogP contribution in [0.5, 0.6) is 0 Å². The van der Waals surface area contributed by atoms with Crippen LogP contribution in [0.15, 0.2) is 15.9 Å². The summed E-state index contributed by atoms with van der Waals surface area (Å²) in [5.41, 5.74) is -0.0459. The Bertz CT molecular complexity index is 669. The lowest BCUT2D eigenvalue weighted by atomic mass is 9.84. The van der Waals surface area contributed by atoms with E-state index in [4.69, 9.17) is 0 Å². The molecule has 2 aliphatic carbocycles. The minimum Gasteiger partial charge on any atom is -0.311 e. The first-order valence-corrected chi connectivity index (χ1v) is 9.51. The lowest BCUT2D eigenvalue weighted by Crippen LogP contribution is -2.27. The average Bonchev–Trinajstić information content (AvgIpc) is 3.42. The van der Waals surface area contributed by atoms with E-state index in [1.807, 2.05) is 11.3 Å². The van der Waals surface area contributed by atoms with Crippen LogP contribution >= 0.6 is 27.3 Å². The van der Waals surface area contributed by atoms with E-state index in [1.165, 1.54) is 46.7 Å². The highest BCUT2D eigenvalue weighted by Crippen LogP contribution is 2.49. The van der Waals surface area contributed by atoms with Crippen molar-refractivity contribution in [3.8, 4) is 0 Å². The quantitative estimate of drug-likeness (QED) is 0.743. The maximum Gasteiger partial charge on any atom is 0.144 e. The van der Waals surface area contributed by atoms with Gasteiger partial charge in [0.15, 0.2) is 0 Å². The van der Waals surface area contributed by atoms with Gasteiger partial charge in [-0.15, -0.1) is 21.5 Å². The van der Waals surface area contributed by atoms with Gasteiger partial charge in [-0.25, -0.2) is 0 Å². The SMILES string of the molecule is CCC(C)(c1sccc1Br)c1nnc(C2CC2)n1C1CC1. The van der Waals surface area contributed by atoms with Gasteiger partial charge in [-0.05, 0) is 66.4 Å². The third kappa shape index (κ3) is 2.20. The summed E-state index contributed by atoms with van der Waals surface area (Å²) in [6, 6.07) is 2.79. The highest BCUT2D eigenvalue weighted by molar-refractivity contribution is 9.10. The van der Waals surface area contributed by atoms with Gasteiger partial charge >= 0.3 is 0 Å². The Morgan fingerprint density at radius 1 is 1.33 bits per heavy atom. The first kappa shape index (κ1) is 13.9. The molecule has 2 aromatic heterocycles. The molecule has 0 aliphatic heterocycles. The number of thiophene rings is 1. The van der Waals surface area contributed by atoms with Crippen LogP contribution in [0.3, 0.4) is 0 Å². The van der Waals surface area contributed by atoms with Gasteiger partial charge in [-0.1, -0.05) is 6.92 Å². The minimum absolute atomic E-state index is 0.0459. The molecule has 2 saturated carbocycles. The molecular formula is C16H20BrN3S. The molecule has 0 N–H and O–H groups in total. The molecule has 2 aromatic rings. The topological polar surface area (TPSA) is 30.7 Å². The number of halogens is 1. The molecule has 0 spiro atoms. The smallest absolute Gasteiger partial charge is 0.144 e. The molecular weight excluding hydrogens is 346 g/mol. The zero-order valence-corrected chi connectivity index (χ0v) is 14.9. The van der Waals surface area contributed by atoms with Gasteiger partial charge in [-0.2, -0.15) is 0 Å². The summed E-state index contributed by atoms with van der Waals surface area (Å²) < 4.78 is 3.70. The van der Waals surface area contributed by atoms with Gasteiger partial charge in [0.25, 0.3) is 0 Å². The van der Waals surface area contributed by atoms with Crippen molar-refractivity contribution in [1.82, 2.24) is 14.8 Å². The molecule has 4 rings (SSSR count). The number of aromatic nitrogens is 3. The molecule has 1 atom stereocenters. The van der Waals surface area contributed by atoms with E-state index < -0.39 is 0 Å². The predicted molar refractivity (Wildman–Crippen MR) is 89.0 cm³/mol. The highest BCUT2D eigenvalue weighted by atomic mass is 79.9. The second-order valence-corrected chi connectivity index (χ2v) is 8.31. The second kappa shape index (κ2) is 4.92. The van der Waals surface area contributed by atoms with E-state index in [-0.39, 0.29) is 5.41 Å². The van der Waals surface area contributed by atoms with E-state index in [0.717, 1.165) is 6.42 Å². The second-order valence-electron chi connectivity index (χ2n) is 6.54. The molecule has 0 bridgehead atoms. The van der Waals surface area contributed by atoms with Crippen LogP contribution in [-0.2, 0) is 5.41 Å². The maximum atomic E-state index is 4.68. The molecule has 2 heterocycles. The highest BCUT2D eigenvalue weighted by Gasteiger charge is 2.42. The Morgan fingerprint density at radius 2 is 2.10 bits per heavy atom. The van der Waals surface area contributed by atoms with Crippen LogP contribution in [0.1, 0.15) is 74.4 Å². The van der Waals surface area contributed by atoms with E-state index in [9.17, 15) is 0 Å². The normalized spacial score (nSPS) is 21.5. The fourth-order valence-corrected chi connectivity index (χ4v) is 5.14. The molecule has 5 heteroatoms. The molecule has 0 radical (unpaired) electrons. The lowest BCUT2D eigenvalue weighted by molar-refractivity contribution is 0.479. The molecule has 21 heavy (non-hydrogen) atoms. The largest absolute Gasteiger partial charge is 0.311 e. The van der Waals surface area contributed by atoms with Crippen molar-refractivity contribution in [1.29, 1.82) is 0 Å². The van der Waals surface area contributed by atoms with Crippen molar-refractivity contribution in [3.05, 3.63) is 32.4 Å². The number of hydrogen-bond acceptors (Lipinski definition) is 3. The Labute approximate surface area is 137 Å². The Morgan fingerprint density at radius 3 is 2.62 bits per heavy atom. The number of rotatable bonds is 5. The number of nitrogens with zero attached hydrogens (tertiary/aromatic N) is 3. The third-order valence-corrected chi connectivity index (χ3v) is 7.00. The van der Waals surface area contributed by atoms with Crippen molar-refractivity contribution in [2.24, 2.45) is 0 Å². The van der Waals surface area contributed by atoms with Crippen molar-refractivity contribution >= 4 is 27.3 Å². The van der Waals surface area contributed by atoms with Crippen molar-refractivity contribution in [3.63, 3.8) is 0 Å². The first-order valence-electron chi connectivity index (χ1n) is 7.84. The van der Waals surface area contributed by atoms with Gasteiger partial charge in [-0.3, -0.25) is 0 Å². The summed E-state index contributed by atoms with van der Waals surface area (Å²) in [5, 5.41) is 11.4. The van der Waals surface area contributed by atoms with E-state index in [2.05, 4.69) is 56.0 Å². The zero-order chi connectivity index (χ0) is 14.6. The Kier molecular flexibility index (Phi) is 3.26. The zero-order valence-electron chi connectivity index (χ0n) is 12.5. The molecule has 1 unspecified atom stereocenters. The van der Waals surface area contributed by atoms with Crippen molar-refractivity contribution in [2.75, 3.05) is 0 Å². The van der Waals surface area contributed by atoms with E-state index in [1.54, 1.807) is 0 Å². The van der Waals surface area contributed by atoms with Crippen LogP contribution in [0.4, 0.5) is 0 Å². The van der Waals surface area contributed by atoms with Crippen molar-refractivity contribution < 1.29 is 0 Å².